The minimum absolute atomic E-state index is 0.653. The SMILES string of the molecule is C1=CC(c2cc(-c3ccc(-c4nc(-c5ccc(-c6ccccc6)cc5)nc(-c5cc6ccccc6s5)n4)cc3)cc(-c3ccccc3)c2C2=CCCC=C2)=CCC1. The normalized spacial score (nSPS) is 13.8. The van der Waals surface area contributed by atoms with Crippen LogP contribution in [0, 0.1) is 0 Å². The van der Waals surface area contributed by atoms with Crippen LogP contribution in [0.4, 0.5) is 0 Å². The Morgan fingerprint density at radius 3 is 1.51 bits per heavy atom. The summed E-state index contributed by atoms with van der Waals surface area (Å²) < 4.78 is 1.21. The van der Waals surface area contributed by atoms with Crippen LogP contribution in [-0.2, 0) is 0 Å². The van der Waals surface area contributed by atoms with Gasteiger partial charge in [-0.1, -0.05) is 164 Å². The molecule has 272 valence electrons. The molecule has 0 saturated carbocycles. The third kappa shape index (κ3) is 7.12. The number of rotatable bonds is 8. The lowest BCUT2D eigenvalue weighted by Gasteiger charge is -2.22. The molecule has 6 aromatic carbocycles. The van der Waals surface area contributed by atoms with Crippen LogP contribution in [0.2, 0.25) is 0 Å². The maximum Gasteiger partial charge on any atom is 0.174 e. The van der Waals surface area contributed by atoms with Crippen molar-refractivity contribution in [3.63, 3.8) is 0 Å². The Morgan fingerprint density at radius 2 is 0.895 bits per heavy atom. The third-order valence-electron chi connectivity index (χ3n) is 10.8. The van der Waals surface area contributed by atoms with Crippen molar-refractivity contribution in [2.75, 3.05) is 0 Å². The first-order valence-electron chi connectivity index (χ1n) is 19.7. The van der Waals surface area contributed by atoms with Gasteiger partial charge in [0.1, 0.15) is 0 Å². The number of benzene rings is 6. The van der Waals surface area contributed by atoms with E-state index in [-0.39, 0.29) is 0 Å². The molecule has 2 aromatic heterocycles. The fourth-order valence-electron chi connectivity index (χ4n) is 7.90. The Labute approximate surface area is 337 Å². The molecule has 0 N–H and O–H groups in total. The van der Waals surface area contributed by atoms with Crippen molar-refractivity contribution in [2.45, 2.75) is 25.7 Å². The highest BCUT2D eigenvalue weighted by Gasteiger charge is 2.20. The molecule has 0 saturated heterocycles. The number of thiophene rings is 1. The van der Waals surface area contributed by atoms with Crippen molar-refractivity contribution in [1.29, 1.82) is 0 Å². The summed E-state index contributed by atoms with van der Waals surface area (Å²) in [5, 5.41) is 1.19. The minimum atomic E-state index is 0.653. The van der Waals surface area contributed by atoms with Crippen LogP contribution in [-0.4, -0.2) is 15.0 Å². The van der Waals surface area contributed by atoms with Gasteiger partial charge in [0.25, 0.3) is 0 Å². The second kappa shape index (κ2) is 15.4. The smallest absolute Gasteiger partial charge is 0.174 e. The van der Waals surface area contributed by atoms with E-state index in [1.807, 2.05) is 6.07 Å². The van der Waals surface area contributed by atoms with Crippen molar-refractivity contribution in [3.05, 3.63) is 199 Å². The van der Waals surface area contributed by atoms with Gasteiger partial charge in [0.15, 0.2) is 17.5 Å². The van der Waals surface area contributed by atoms with Gasteiger partial charge in [0, 0.05) is 15.8 Å². The molecule has 2 heterocycles. The molecule has 57 heavy (non-hydrogen) atoms. The zero-order chi connectivity index (χ0) is 38.0. The number of hydrogen-bond acceptors (Lipinski definition) is 4. The molecule has 0 bridgehead atoms. The van der Waals surface area contributed by atoms with Crippen LogP contribution in [0.25, 0.3) is 88.1 Å². The van der Waals surface area contributed by atoms with Gasteiger partial charge in [-0.25, -0.2) is 15.0 Å². The average Bonchev–Trinajstić information content (AvgIpc) is 3.75. The Morgan fingerprint density at radius 1 is 0.386 bits per heavy atom. The lowest BCUT2D eigenvalue weighted by Crippen LogP contribution is -2.00. The van der Waals surface area contributed by atoms with E-state index >= 15 is 0 Å². The molecule has 0 atom stereocenters. The first-order chi connectivity index (χ1) is 28.2. The molecule has 8 aromatic rings. The van der Waals surface area contributed by atoms with Crippen molar-refractivity contribution in [3.8, 4) is 66.9 Å². The second-order valence-corrected chi connectivity index (χ2v) is 15.6. The minimum Gasteiger partial charge on any atom is -0.208 e. The summed E-state index contributed by atoms with van der Waals surface area (Å²) in [6, 6.07) is 53.9. The van der Waals surface area contributed by atoms with E-state index in [9.17, 15) is 0 Å². The van der Waals surface area contributed by atoms with Gasteiger partial charge in [-0.2, -0.15) is 0 Å². The number of nitrogens with zero attached hydrogens (tertiary/aromatic N) is 3. The van der Waals surface area contributed by atoms with Crippen LogP contribution < -0.4 is 0 Å². The molecule has 0 amide bonds. The molecule has 0 fully saturated rings. The van der Waals surface area contributed by atoms with E-state index in [4.69, 9.17) is 15.0 Å². The summed E-state index contributed by atoms with van der Waals surface area (Å²) in [5.41, 5.74) is 14.2. The molecule has 0 spiro atoms. The van der Waals surface area contributed by atoms with Crippen molar-refractivity contribution >= 4 is 32.6 Å². The highest BCUT2D eigenvalue weighted by atomic mass is 32.1. The molecular formula is C53H39N3S. The average molecular weight is 750 g/mol. The quantitative estimate of drug-likeness (QED) is 0.155. The van der Waals surface area contributed by atoms with Crippen LogP contribution in [0.15, 0.2) is 188 Å². The Balaban J connectivity index is 1.08. The summed E-state index contributed by atoms with van der Waals surface area (Å²) in [4.78, 5) is 16.3. The first-order valence-corrected chi connectivity index (χ1v) is 20.5. The number of fused-ring (bicyclic) bond motifs is 1. The monoisotopic (exact) mass is 749 g/mol. The molecule has 2 aliphatic carbocycles. The molecule has 0 radical (unpaired) electrons. The van der Waals surface area contributed by atoms with E-state index in [1.165, 1.54) is 54.6 Å². The van der Waals surface area contributed by atoms with Gasteiger partial charge in [-0.15, -0.1) is 11.3 Å². The molecule has 3 nitrogen and oxygen atoms in total. The lowest BCUT2D eigenvalue weighted by atomic mass is 9.82. The van der Waals surface area contributed by atoms with Gasteiger partial charge < -0.3 is 0 Å². The van der Waals surface area contributed by atoms with Crippen molar-refractivity contribution in [1.82, 2.24) is 15.0 Å². The van der Waals surface area contributed by atoms with E-state index in [2.05, 4.69) is 182 Å². The van der Waals surface area contributed by atoms with E-state index in [0.717, 1.165) is 52.8 Å². The number of aromatic nitrogens is 3. The molecule has 0 unspecified atom stereocenters. The zero-order valence-corrected chi connectivity index (χ0v) is 32.3. The molecule has 2 aliphatic rings. The van der Waals surface area contributed by atoms with Gasteiger partial charge in [0.2, 0.25) is 0 Å². The zero-order valence-electron chi connectivity index (χ0n) is 31.5. The van der Waals surface area contributed by atoms with Crippen molar-refractivity contribution < 1.29 is 0 Å². The fourth-order valence-corrected chi connectivity index (χ4v) is 8.89. The summed E-state index contributed by atoms with van der Waals surface area (Å²) in [6.45, 7) is 0. The van der Waals surface area contributed by atoms with Gasteiger partial charge >= 0.3 is 0 Å². The van der Waals surface area contributed by atoms with Crippen LogP contribution >= 0.6 is 11.3 Å². The number of hydrogen-bond donors (Lipinski definition) is 0. The Kier molecular flexibility index (Phi) is 9.39. The first kappa shape index (κ1) is 34.7. The molecule has 10 rings (SSSR count). The van der Waals surface area contributed by atoms with Gasteiger partial charge in [-0.3, -0.25) is 0 Å². The fraction of sp³-hybridized carbons (Fsp3) is 0.0755. The number of allylic oxidation sites excluding steroid dienone is 8. The van der Waals surface area contributed by atoms with E-state index in [0.29, 0.717) is 17.5 Å². The van der Waals surface area contributed by atoms with Crippen molar-refractivity contribution in [2.24, 2.45) is 0 Å². The second-order valence-electron chi connectivity index (χ2n) is 14.6. The summed E-state index contributed by atoms with van der Waals surface area (Å²) in [7, 11) is 0. The van der Waals surface area contributed by atoms with E-state index < -0.39 is 0 Å². The highest BCUT2D eigenvalue weighted by Crippen LogP contribution is 2.42. The summed E-state index contributed by atoms with van der Waals surface area (Å²) in [5.74, 6) is 1.99. The van der Waals surface area contributed by atoms with Crippen LogP contribution in [0.1, 0.15) is 36.8 Å². The Hall–Kier alpha value is -6.75. The molecule has 0 aliphatic heterocycles. The summed E-state index contributed by atoms with van der Waals surface area (Å²) in [6.07, 6.45) is 18.3. The molecule has 4 heteroatoms. The topological polar surface area (TPSA) is 38.7 Å². The maximum atomic E-state index is 5.12. The molecular weight excluding hydrogens is 711 g/mol. The van der Waals surface area contributed by atoms with Crippen LogP contribution in [0.3, 0.4) is 0 Å². The van der Waals surface area contributed by atoms with Gasteiger partial charge in [-0.05, 0) is 111 Å². The third-order valence-corrected chi connectivity index (χ3v) is 11.9. The predicted molar refractivity (Wildman–Crippen MR) is 241 cm³/mol. The Bertz CT molecular complexity index is 2830. The maximum absolute atomic E-state index is 5.12. The largest absolute Gasteiger partial charge is 0.208 e. The predicted octanol–water partition coefficient (Wildman–Crippen LogP) is 14.6. The van der Waals surface area contributed by atoms with Gasteiger partial charge in [0.05, 0.1) is 4.88 Å². The summed E-state index contributed by atoms with van der Waals surface area (Å²) >= 11 is 1.71. The van der Waals surface area contributed by atoms with Crippen LogP contribution in [0.5, 0.6) is 0 Å². The standard InChI is InChI=1S/C53H39N3S/c1-5-15-36(16-6-1)37-25-29-42(30-26-37)51-54-52(56-53(55-51)49-35-44-23-13-14-24-48(44)57-49)43-31-27-38(28-32-43)45-33-46(39-17-7-2-8-18-39)50(41-21-11-4-12-22-41)47(34-45)40-19-9-3-10-20-40/h1-2,5-9,11,13-35H,3-4,10,12H2. The lowest BCUT2D eigenvalue weighted by molar-refractivity contribution is 1.04. The van der Waals surface area contributed by atoms with E-state index in [1.54, 1.807) is 11.3 Å². The highest BCUT2D eigenvalue weighted by molar-refractivity contribution is 7.22.